The van der Waals surface area contributed by atoms with Gasteiger partial charge in [-0.25, -0.2) is 10.5 Å². The molecule has 0 saturated heterocycles. The van der Waals surface area contributed by atoms with E-state index in [0.717, 1.165) is 10.0 Å². The Labute approximate surface area is 113 Å². The van der Waals surface area contributed by atoms with Crippen LogP contribution in [0.15, 0.2) is 53.1 Å². The van der Waals surface area contributed by atoms with Gasteiger partial charge in [0.25, 0.3) is 5.91 Å². The van der Waals surface area contributed by atoms with Crippen LogP contribution in [0.1, 0.15) is 16.1 Å². The maximum atomic E-state index is 11.6. The third-order valence-electron chi connectivity index (χ3n) is 2.21. The molecule has 0 aliphatic rings. The summed E-state index contributed by atoms with van der Waals surface area (Å²) in [7, 11) is 0. The number of benzene rings is 1. The Bertz CT molecular complexity index is 514. The predicted molar refractivity (Wildman–Crippen MR) is 70.6 cm³/mol. The summed E-state index contributed by atoms with van der Waals surface area (Å²) in [4.78, 5) is 20.7. The molecule has 0 saturated carbocycles. The minimum atomic E-state index is -0.363. The number of hydrogen-bond donors (Lipinski definition) is 1. The number of amides is 1. The van der Waals surface area contributed by atoms with Gasteiger partial charge >= 0.3 is 0 Å². The molecule has 5 heteroatoms. The molecule has 0 aliphatic heterocycles. The van der Waals surface area contributed by atoms with Crippen LogP contribution in [0.5, 0.6) is 0 Å². The van der Waals surface area contributed by atoms with Crippen molar-refractivity contribution in [3.05, 3.63) is 64.4 Å². The second-order valence-corrected chi connectivity index (χ2v) is 4.48. The smallest absolute Gasteiger partial charge is 0.269 e. The summed E-state index contributed by atoms with van der Waals surface area (Å²) in [6.45, 7) is 0.323. The van der Waals surface area contributed by atoms with E-state index in [1.54, 1.807) is 18.3 Å². The Balaban J connectivity index is 1.84. The highest BCUT2D eigenvalue weighted by atomic mass is 79.9. The maximum absolute atomic E-state index is 11.6. The van der Waals surface area contributed by atoms with E-state index in [0.29, 0.717) is 12.3 Å². The van der Waals surface area contributed by atoms with Gasteiger partial charge in [-0.05, 0) is 33.6 Å². The van der Waals surface area contributed by atoms with Crippen molar-refractivity contribution in [3.63, 3.8) is 0 Å². The Kier molecular flexibility index (Phi) is 4.44. The summed E-state index contributed by atoms with van der Waals surface area (Å²) >= 11 is 3.25. The van der Waals surface area contributed by atoms with Crippen molar-refractivity contribution in [3.8, 4) is 0 Å². The van der Waals surface area contributed by atoms with Crippen molar-refractivity contribution in [2.24, 2.45) is 0 Å². The van der Waals surface area contributed by atoms with Crippen LogP contribution in [0.4, 0.5) is 0 Å². The average molecular weight is 307 g/mol. The zero-order valence-electron chi connectivity index (χ0n) is 9.47. The van der Waals surface area contributed by atoms with E-state index in [1.165, 1.54) is 0 Å². The molecule has 1 aromatic carbocycles. The Morgan fingerprint density at radius 1 is 1.22 bits per heavy atom. The molecule has 0 radical (unpaired) electrons. The first-order valence-electron chi connectivity index (χ1n) is 5.33. The zero-order chi connectivity index (χ0) is 12.8. The topological polar surface area (TPSA) is 51.2 Å². The van der Waals surface area contributed by atoms with Gasteiger partial charge in [0.2, 0.25) is 0 Å². The first kappa shape index (κ1) is 12.7. The number of rotatable bonds is 4. The second-order valence-electron chi connectivity index (χ2n) is 3.57. The van der Waals surface area contributed by atoms with Crippen LogP contribution in [0.3, 0.4) is 0 Å². The SMILES string of the molecule is O=C(NOCc1ccccc1)c1ccc(Br)cn1. The standard InChI is InChI=1S/C13H11BrN2O2/c14-11-6-7-12(15-8-11)13(17)16-18-9-10-4-2-1-3-5-10/h1-8H,9H2,(H,16,17). The average Bonchev–Trinajstić information content (AvgIpc) is 2.40. The van der Waals surface area contributed by atoms with E-state index in [2.05, 4.69) is 26.4 Å². The first-order valence-corrected chi connectivity index (χ1v) is 6.12. The Morgan fingerprint density at radius 2 is 2.00 bits per heavy atom. The normalized spacial score (nSPS) is 10.1. The molecule has 0 atom stereocenters. The molecule has 4 nitrogen and oxygen atoms in total. The Morgan fingerprint density at radius 3 is 2.67 bits per heavy atom. The molecule has 0 fully saturated rings. The number of aromatic nitrogens is 1. The number of nitrogens with zero attached hydrogens (tertiary/aromatic N) is 1. The van der Waals surface area contributed by atoms with Crippen molar-refractivity contribution in [2.75, 3.05) is 0 Å². The summed E-state index contributed by atoms with van der Waals surface area (Å²) in [6, 6.07) is 13.0. The van der Waals surface area contributed by atoms with E-state index in [1.807, 2.05) is 30.3 Å². The van der Waals surface area contributed by atoms with Crippen LogP contribution in [-0.2, 0) is 11.4 Å². The molecule has 18 heavy (non-hydrogen) atoms. The monoisotopic (exact) mass is 306 g/mol. The number of nitrogens with one attached hydrogen (secondary N) is 1. The molecule has 92 valence electrons. The molecule has 1 amide bonds. The minimum absolute atomic E-state index is 0.311. The van der Waals surface area contributed by atoms with Gasteiger partial charge in [-0.2, -0.15) is 0 Å². The molecule has 0 spiro atoms. The third kappa shape index (κ3) is 3.65. The number of hydrogen-bond acceptors (Lipinski definition) is 3. The van der Waals surface area contributed by atoms with Crippen LogP contribution < -0.4 is 5.48 Å². The lowest BCUT2D eigenvalue weighted by molar-refractivity contribution is 0.0229. The number of carbonyl (C=O) groups excluding carboxylic acids is 1. The van der Waals surface area contributed by atoms with Crippen molar-refractivity contribution >= 4 is 21.8 Å². The minimum Gasteiger partial charge on any atom is -0.269 e. The highest BCUT2D eigenvalue weighted by molar-refractivity contribution is 9.10. The van der Waals surface area contributed by atoms with E-state index in [-0.39, 0.29) is 5.91 Å². The van der Waals surface area contributed by atoms with Crippen molar-refractivity contribution in [1.82, 2.24) is 10.5 Å². The summed E-state index contributed by atoms with van der Waals surface area (Å²) < 4.78 is 0.823. The molecule has 2 aromatic rings. The van der Waals surface area contributed by atoms with Crippen LogP contribution in [0.2, 0.25) is 0 Å². The van der Waals surface area contributed by atoms with E-state index < -0.39 is 0 Å². The fraction of sp³-hybridized carbons (Fsp3) is 0.0769. The van der Waals surface area contributed by atoms with Gasteiger partial charge in [0.15, 0.2) is 0 Å². The fourth-order valence-corrected chi connectivity index (χ4v) is 1.56. The van der Waals surface area contributed by atoms with E-state index >= 15 is 0 Å². The third-order valence-corrected chi connectivity index (χ3v) is 2.68. The van der Waals surface area contributed by atoms with Gasteiger partial charge in [-0.15, -0.1) is 0 Å². The second kappa shape index (κ2) is 6.28. The van der Waals surface area contributed by atoms with Gasteiger partial charge in [-0.3, -0.25) is 9.63 Å². The molecule has 1 heterocycles. The van der Waals surface area contributed by atoms with Crippen LogP contribution in [-0.4, -0.2) is 10.9 Å². The van der Waals surface area contributed by atoms with Crippen molar-refractivity contribution < 1.29 is 9.63 Å². The van der Waals surface area contributed by atoms with Gasteiger partial charge in [0, 0.05) is 10.7 Å². The van der Waals surface area contributed by atoms with Crippen molar-refractivity contribution in [1.29, 1.82) is 0 Å². The highest BCUT2D eigenvalue weighted by Crippen LogP contribution is 2.07. The van der Waals surface area contributed by atoms with Gasteiger partial charge < -0.3 is 0 Å². The first-order chi connectivity index (χ1) is 8.75. The molecular weight excluding hydrogens is 296 g/mol. The molecule has 0 bridgehead atoms. The zero-order valence-corrected chi connectivity index (χ0v) is 11.1. The molecule has 1 aromatic heterocycles. The van der Waals surface area contributed by atoms with E-state index in [9.17, 15) is 4.79 Å². The van der Waals surface area contributed by atoms with E-state index in [4.69, 9.17) is 4.84 Å². The van der Waals surface area contributed by atoms with Crippen LogP contribution in [0.25, 0.3) is 0 Å². The van der Waals surface area contributed by atoms with Gasteiger partial charge in [0.05, 0.1) is 6.61 Å². The molecule has 1 N–H and O–H groups in total. The molecule has 0 unspecified atom stereocenters. The molecule has 2 rings (SSSR count). The lowest BCUT2D eigenvalue weighted by Crippen LogP contribution is -2.24. The lowest BCUT2D eigenvalue weighted by atomic mass is 10.2. The van der Waals surface area contributed by atoms with Crippen molar-refractivity contribution in [2.45, 2.75) is 6.61 Å². The molecule has 0 aliphatic carbocycles. The van der Waals surface area contributed by atoms with Gasteiger partial charge in [0.1, 0.15) is 5.69 Å². The summed E-state index contributed by atoms with van der Waals surface area (Å²) in [6.07, 6.45) is 1.56. The van der Waals surface area contributed by atoms with Gasteiger partial charge in [-0.1, -0.05) is 30.3 Å². The lowest BCUT2D eigenvalue weighted by Gasteiger charge is -2.05. The number of carbonyl (C=O) groups is 1. The number of pyridine rings is 1. The Hall–Kier alpha value is -1.72. The predicted octanol–water partition coefficient (Wildman–Crippen LogP) is 2.71. The highest BCUT2D eigenvalue weighted by Gasteiger charge is 2.06. The summed E-state index contributed by atoms with van der Waals surface area (Å²) in [5, 5.41) is 0. The largest absolute Gasteiger partial charge is 0.293 e. The summed E-state index contributed by atoms with van der Waals surface area (Å²) in [5.41, 5.74) is 3.65. The number of halogens is 1. The van der Waals surface area contributed by atoms with Crippen LogP contribution in [0, 0.1) is 0 Å². The number of hydroxylamine groups is 1. The summed E-state index contributed by atoms with van der Waals surface area (Å²) in [5.74, 6) is -0.363. The fourth-order valence-electron chi connectivity index (χ4n) is 1.32. The maximum Gasteiger partial charge on any atom is 0.293 e. The quantitative estimate of drug-likeness (QED) is 0.884. The molecular formula is C13H11BrN2O2. The van der Waals surface area contributed by atoms with Crippen LogP contribution >= 0.6 is 15.9 Å².